The molecule has 26 heavy (non-hydrogen) atoms. The highest BCUT2D eigenvalue weighted by Crippen LogP contribution is 2.18. The monoisotopic (exact) mass is 362 g/mol. The first-order valence-corrected chi connectivity index (χ1v) is 7.89. The standard InChI is InChI=1S/C15H18N6O5/c1-4-15(3)12(24)21(13(25)17-15)18-10(22)8-20-11(23)9(6-16)7-19(5-2)14(20)26/h7H,4-5,8H2,1-3H3,(H,17,25)(H,18,22). The second-order valence-electron chi connectivity index (χ2n) is 5.91. The Labute approximate surface area is 147 Å². The van der Waals surface area contributed by atoms with Gasteiger partial charge < -0.3 is 5.32 Å². The molecule has 0 aromatic carbocycles. The van der Waals surface area contributed by atoms with Crippen molar-refractivity contribution in [1.29, 1.82) is 5.26 Å². The minimum absolute atomic E-state index is 0.192. The Morgan fingerprint density at radius 2 is 1.96 bits per heavy atom. The van der Waals surface area contributed by atoms with Crippen LogP contribution in [0, 0.1) is 11.3 Å². The number of nitrogens with zero attached hydrogens (tertiary/aromatic N) is 4. The van der Waals surface area contributed by atoms with Gasteiger partial charge in [0.05, 0.1) is 0 Å². The number of amides is 4. The summed E-state index contributed by atoms with van der Waals surface area (Å²) in [5.41, 5.74) is -1.05. The van der Waals surface area contributed by atoms with Crippen LogP contribution in [0.15, 0.2) is 15.8 Å². The zero-order valence-corrected chi connectivity index (χ0v) is 14.5. The quantitative estimate of drug-likeness (QED) is 0.619. The minimum atomic E-state index is -1.14. The highest BCUT2D eigenvalue weighted by atomic mass is 16.2. The Morgan fingerprint density at radius 1 is 1.31 bits per heavy atom. The summed E-state index contributed by atoms with van der Waals surface area (Å²) in [6.45, 7) is 4.30. The lowest BCUT2D eigenvalue weighted by Gasteiger charge is -2.19. The number of aromatic nitrogens is 2. The zero-order valence-electron chi connectivity index (χ0n) is 14.5. The van der Waals surface area contributed by atoms with E-state index in [-0.39, 0.29) is 12.1 Å². The SMILES string of the molecule is CCn1cc(C#N)c(=O)n(CC(=O)NN2C(=O)NC(C)(CC)C2=O)c1=O. The van der Waals surface area contributed by atoms with Gasteiger partial charge in [-0.05, 0) is 20.3 Å². The highest BCUT2D eigenvalue weighted by molar-refractivity contribution is 6.07. The van der Waals surface area contributed by atoms with Crippen molar-refractivity contribution in [3.05, 3.63) is 32.6 Å². The maximum absolute atomic E-state index is 12.2. The number of aryl methyl sites for hydroxylation is 1. The van der Waals surface area contributed by atoms with Crippen LogP contribution >= 0.6 is 0 Å². The van der Waals surface area contributed by atoms with E-state index in [4.69, 9.17) is 5.26 Å². The van der Waals surface area contributed by atoms with E-state index < -0.39 is 41.2 Å². The molecule has 1 fully saturated rings. The predicted octanol–water partition coefficient (Wildman–Crippen LogP) is -1.35. The van der Waals surface area contributed by atoms with Crippen molar-refractivity contribution in [3.8, 4) is 6.07 Å². The second kappa shape index (κ2) is 6.83. The largest absolute Gasteiger partial charge is 0.344 e. The number of hydrogen-bond donors (Lipinski definition) is 2. The lowest BCUT2D eigenvalue weighted by Crippen LogP contribution is -2.51. The number of hydrogen-bond acceptors (Lipinski definition) is 6. The van der Waals surface area contributed by atoms with Crippen molar-refractivity contribution in [1.82, 2.24) is 24.9 Å². The predicted molar refractivity (Wildman–Crippen MR) is 87.6 cm³/mol. The first-order chi connectivity index (χ1) is 12.2. The first-order valence-electron chi connectivity index (χ1n) is 7.89. The van der Waals surface area contributed by atoms with Crippen LogP contribution in [0.25, 0.3) is 0 Å². The van der Waals surface area contributed by atoms with Crippen molar-refractivity contribution in [3.63, 3.8) is 0 Å². The Hall–Kier alpha value is -3.42. The summed E-state index contributed by atoms with van der Waals surface area (Å²) in [6, 6.07) is 0.854. The summed E-state index contributed by atoms with van der Waals surface area (Å²) in [5.74, 6) is -1.58. The summed E-state index contributed by atoms with van der Waals surface area (Å²) >= 11 is 0. The third-order valence-electron chi connectivity index (χ3n) is 4.20. The highest BCUT2D eigenvalue weighted by Gasteiger charge is 2.47. The fourth-order valence-electron chi connectivity index (χ4n) is 2.43. The summed E-state index contributed by atoms with van der Waals surface area (Å²) in [5, 5.41) is 12.0. The summed E-state index contributed by atoms with van der Waals surface area (Å²) in [4.78, 5) is 60.7. The van der Waals surface area contributed by atoms with Gasteiger partial charge in [-0.15, -0.1) is 0 Å². The van der Waals surface area contributed by atoms with Gasteiger partial charge in [-0.2, -0.15) is 10.3 Å². The Morgan fingerprint density at radius 3 is 2.46 bits per heavy atom. The van der Waals surface area contributed by atoms with Crippen molar-refractivity contribution < 1.29 is 14.4 Å². The second-order valence-corrected chi connectivity index (χ2v) is 5.91. The van der Waals surface area contributed by atoms with Crippen LogP contribution in [0.2, 0.25) is 0 Å². The molecular weight excluding hydrogens is 344 g/mol. The summed E-state index contributed by atoms with van der Waals surface area (Å²) in [7, 11) is 0. The molecule has 1 unspecified atom stereocenters. The van der Waals surface area contributed by atoms with Crippen molar-refractivity contribution in [2.75, 3.05) is 0 Å². The fraction of sp³-hybridized carbons (Fsp3) is 0.467. The van der Waals surface area contributed by atoms with Gasteiger partial charge in [-0.1, -0.05) is 6.92 Å². The zero-order chi connectivity index (χ0) is 19.6. The average molecular weight is 362 g/mol. The Balaban J connectivity index is 2.28. The van der Waals surface area contributed by atoms with Gasteiger partial charge >= 0.3 is 11.7 Å². The first kappa shape index (κ1) is 18.9. The molecule has 2 rings (SSSR count). The van der Waals surface area contributed by atoms with E-state index in [1.165, 1.54) is 6.92 Å². The van der Waals surface area contributed by atoms with Crippen LogP contribution in [0.4, 0.5) is 4.79 Å². The molecule has 4 amide bonds. The van der Waals surface area contributed by atoms with Crippen LogP contribution in [-0.2, 0) is 22.7 Å². The van der Waals surface area contributed by atoms with Gasteiger partial charge in [0.2, 0.25) is 0 Å². The molecule has 0 bridgehead atoms. The number of nitriles is 1. The maximum Gasteiger partial charge on any atom is 0.344 e. The molecule has 1 aromatic heterocycles. The van der Waals surface area contributed by atoms with E-state index in [0.29, 0.717) is 16.0 Å². The third kappa shape index (κ3) is 3.08. The lowest BCUT2D eigenvalue weighted by atomic mass is 10.00. The molecule has 1 atom stereocenters. The number of hydrazine groups is 1. The van der Waals surface area contributed by atoms with Gasteiger partial charge in [-0.3, -0.25) is 24.4 Å². The van der Waals surface area contributed by atoms with Gasteiger partial charge in [0.1, 0.15) is 23.7 Å². The number of imide groups is 1. The van der Waals surface area contributed by atoms with Crippen molar-refractivity contribution in [2.45, 2.75) is 45.8 Å². The molecule has 0 radical (unpaired) electrons. The molecule has 11 nitrogen and oxygen atoms in total. The molecule has 1 aliphatic rings. The molecule has 0 spiro atoms. The molecule has 1 aliphatic heterocycles. The van der Waals surface area contributed by atoms with Gasteiger partial charge in [0.25, 0.3) is 17.4 Å². The smallest absolute Gasteiger partial charge is 0.322 e. The van der Waals surface area contributed by atoms with Crippen LogP contribution in [0.1, 0.15) is 32.8 Å². The Bertz CT molecular complexity index is 939. The average Bonchev–Trinajstić information content (AvgIpc) is 2.82. The van der Waals surface area contributed by atoms with Gasteiger partial charge in [0.15, 0.2) is 0 Å². The molecule has 2 heterocycles. The number of rotatable bonds is 5. The van der Waals surface area contributed by atoms with Crippen LogP contribution in [0.5, 0.6) is 0 Å². The van der Waals surface area contributed by atoms with E-state index >= 15 is 0 Å². The van der Waals surface area contributed by atoms with E-state index in [9.17, 15) is 24.0 Å². The minimum Gasteiger partial charge on any atom is -0.322 e. The molecule has 0 saturated carbocycles. The number of carbonyl (C=O) groups is 3. The third-order valence-corrected chi connectivity index (χ3v) is 4.20. The molecule has 1 saturated heterocycles. The number of nitrogens with one attached hydrogen (secondary N) is 2. The molecule has 0 aliphatic carbocycles. The normalized spacial score (nSPS) is 19.2. The van der Waals surface area contributed by atoms with E-state index in [1.54, 1.807) is 19.9 Å². The number of carbonyl (C=O) groups excluding carboxylic acids is 3. The molecule has 2 N–H and O–H groups in total. The van der Waals surface area contributed by atoms with Crippen molar-refractivity contribution in [2.24, 2.45) is 0 Å². The number of urea groups is 1. The maximum atomic E-state index is 12.2. The van der Waals surface area contributed by atoms with Crippen LogP contribution < -0.4 is 22.0 Å². The van der Waals surface area contributed by atoms with Crippen LogP contribution in [0.3, 0.4) is 0 Å². The lowest BCUT2D eigenvalue weighted by molar-refractivity contribution is -0.139. The molecule has 1 aromatic rings. The van der Waals surface area contributed by atoms with E-state index in [2.05, 4.69) is 10.7 Å². The van der Waals surface area contributed by atoms with E-state index in [0.717, 1.165) is 10.8 Å². The summed E-state index contributed by atoms with van der Waals surface area (Å²) < 4.78 is 1.68. The summed E-state index contributed by atoms with van der Waals surface area (Å²) in [6.07, 6.45) is 1.43. The van der Waals surface area contributed by atoms with Crippen molar-refractivity contribution >= 4 is 17.8 Å². The molecule has 138 valence electrons. The molecular formula is C15H18N6O5. The topological polar surface area (TPSA) is 146 Å². The van der Waals surface area contributed by atoms with Gasteiger partial charge in [-0.25, -0.2) is 14.2 Å². The molecule has 11 heteroatoms. The Kier molecular flexibility index (Phi) is 4.97. The van der Waals surface area contributed by atoms with E-state index in [1.807, 2.05) is 0 Å². The van der Waals surface area contributed by atoms with Crippen LogP contribution in [-0.4, -0.2) is 37.5 Å². The van der Waals surface area contributed by atoms with Gasteiger partial charge in [0, 0.05) is 12.7 Å². The fourth-order valence-corrected chi connectivity index (χ4v) is 2.43.